The predicted molar refractivity (Wildman–Crippen MR) is 69.3 cm³/mol. The molecular formula is C12H13ClN2OS. The van der Waals surface area contributed by atoms with E-state index in [0.29, 0.717) is 23.4 Å². The van der Waals surface area contributed by atoms with E-state index in [0.717, 1.165) is 12.8 Å². The Labute approximate surface area is 110 Å². The maximum Gasteiger partial charge on any atom is 0.226 e. The number of halogens is 1. The summed E-state index contributed by atoms with van der Waals surface area (Å²) in [7, 11) is 0. The van der Waals surface area contributed by atoms with Gasteiger partial charge in [0.05, 0.1) is 5.75 Å². The standard InChI is InChI=1S/C12H13ClN2OS/c13-8-4-7-11-14-15-12(16-11)9-17-10-5-2-1-3-6-10/h1-3,5-6H,4,7-9H2. The Kier molecular flexibility index (Phi) is 4.88. The third-order valence-electron chi connectivity index (χ3n) is 2.14. The summed E-state index contributed by atoms with van der Waals surface area (Å²) in [6, 6.07) is 10.2. The highest BCUT2D eigenvalue weighted by molar-refractivity contribution is 7.98. The highest BCUT2D eigenvalue weighted by Gasteiger charge is 2.06. The molecule has 0 unspecified atom stereocenters. The predicted octanol–water partition coefficient (Wildman–Crippen LogP) is 3.53. The van der Waals surface area contributed by atoms with Crippen LogP contribution in [0.25, 0.3) is 0 Å². The molecular weight excluding hydrogens is 256 g/mol. The minimum absolute atomic E-state index is 0.622. The van der Waals surface area contributed by atoms with Gasteiger partial charge in [-0.25, -0.2) is 0 Å². The molecule has 1 heterocycles. The molecule has 0 amide bonds. The molecule has 90 valence electrons. The number of hydrogen-bond donors (Lipinski definition) is 0. The molecule has 0 aliphatic heterocycles. The molecule has 2 aromatic rings. The van der Waals surface area contributed by atoms with E-state index in [1.165, 1.54) is 4.90 Å². The van der Waals surface area contributed by atoms with Crippen molar-refractivity contribution in [1.82, 2.24) is 10.2 Å². The average molecular weight is 269 g/mol. The third-order valence-corrected chi connectivity index (χ3v) is 3.40. The second kappa shape index (κ2) is 6.67. The summed E-state index contributed by atoms with van der Waals surface area (Å²) in [5, 5.41) is 7.98. The molecule has 0 bridgehead atoms. The van der Waals surface area contributed by atoms with E-state index in [4.69, 9.17) is 16.0 Å². The number of aryl methyl sites for hydroxylation is 1. The van der Waals surface area contributed by atoms with Gasteiger partial charge in [0.2, 0.25) is 11.8 Å². The minimum Gasteiger partial charge on any atom is -0.424 e. The first kappa shape index (κ1) is 12.5. The Morgan fingerprint density at radius 2 is 1.88 bits per heavy atom. The van der Waals surface area contributed by atoms with Crippen LogP contribution >= 0.6 is 23.4 Å². The van der Waals surface area contributed by atoms with Crippen molar-refractivity contribution in [3.05, 3.63) is 42.1 Å². The zero-order valence-electron chi connectivity index (χ0n) is 9.30. The molecule has 0 spiro atoms. The Morgan fingerprint density at radius 3 is 2.65 bits per heavy atom. The maximum absolute atomic E-state index is 5.61. The van der Waals surface area contributed by atoms with E-state index in [-0.39, 0.29) is 0 Å². The molecule has 0 saturated carbocycles. The Hall–Kier alpha value is -1.00. The van der Waals surface area contributed by atoms with Crippen LogP contribution in [-0.2, 0) is 12.2 Å². The van der Waals surface area contributed by atoms with E-state index in [9.17, 15) is 0 Å². The van der Waals surface area contributed by atoms with Crippen LogP contribution in [0.15, 0.2) is 39.6 Å². The van der Waals surface area contributed by atoms with Crippen LogP contribution in [0, 0.1) is 0 Å². The molecule has 0 atom stereocenters. The van der Waals surface area contributed by atoms with Crippen LogP contribution in [0.2, 0.25) is 0 Å². The molecule has 17 heavy (non-hydrogen) atoms. The van der Waals surface area contributed by atoms with Crippen molar-refractivity contribution >= 4 is 23.4 Å². The Balaban J connectivity index is 1.85. The van der Waals surface area contributed by atoms with E-state index in [1.807, 2.05) is 18.2 Å². The summed E-state index contributed by atoms with van der Waals surface area (Å²) < 4.78 is 5.51. The van der Waals surface area contributed by atoms with Crippen LogP contribution in [0.4, 0.5) is 0 Å². The molecule has 0 aliphatic rings. The lowest BCUT2D eigenvalue weighted by molar-refractivity contribution is 0.462. The fourth-order valence-corrected chi connectivity index (χ4v) is 2.22. The van der Waals surface area contributed by atoms with Crippen molar-refractivity contribution in [2.24, 2.45) is 0 Å². The first-order chi connectivity index (χ1) is 8.38. The molecule has 0 N–H and O–H groups in total. The molecule has 1 aromatic heterocycles. The highest BCUT2D eigenvalue weighted by Crippen LogP contribution is 2.21. The minimum atomic E-state index is 0.622. The fraction of sp³-hybridized carbons (Fsp3) is 0.333. The van der Waals surface area contributed by atoms with Crippen molar-refractivity contribution in [1.29, 1.82) is 0 Å². The zero-order chi connectivity index (χ0) is 11.9. The van der Waals surface area contributed by atoms with Crippen LogP contribution in [0.3, 0.4) is 0 Å². The summed E-state index contributed by atoms with van der Waals surface area (Å²) in [4.78, 5) is 1.20. The Morgan fingerprint density at radius 1 is 1.12 bits per heavy atom. The lowest BCUT2D eigenvalue weighted by Gasteiger charge is -1.96. The number of benzene rings is 1. The molecule has 0 fully saturated rings. The second-order valence-electron chi connectivity index (χ2n) is 3.48. The van der Waals surface area contributed by atoms with E-state index >= 15 is 0 Å². The van der Waals surface area contributed by atoms with Crippen molar-refractivity contribution in [3.8, 4) is 0 Å². The number of alkyl halides is 1. The summed E-state index contributed by atoms with van der Waals surface area (Å²) >= 11 is 7.29. The van der Waals surface area contributed by atoms with Crippen LogP contribution in [0.1, 0.15) is 18.2 Å². The van der Waals surface area contributed by atoms with E-state index < -0.39 is 0 Å². The quantitative estimate of drug-likeness (QED) is 0.593. The van der Waals surface area contributed by atoms with Gasteiger partial charge in [-0.2, -0.15) is 0 Å². The van der Waals surface area contributed by atoms with Crippen LogP contribution in [-0.4, -0.2) is 16.1 Å². The smallest absolute Gasteiger partial charge is 0.226 e. The number of thioether (sulfide) groups is 1. The fourth-order valence-electron chi connectivity index (χ4n) is 1.33. The summed E-state index contributed by atoms with van der Waals surface area (Å²) in [5.74, 6) is 2.67. The van der Waals surface area contributed by atoms with Crippen LogP contribution in [0.5, 0.6) is 0 Å². The second-order valence-corrected chi connectivity index (χ2v) is 4.91. The van der Waals surface area contributed by atoms with Gasteiger partial charge in [-0.1, -0.05) is 18.2 Å². The highest BCUT2D eigenvalue weighted by atomic mass is 35.5. The largest absolute Gasteiger partial charge is 0.424 e. The molecule has 0 saturated heterocycles. The van der Waals surface area contributed by atoms with Gasteiger partial charge >= 0.3 is 0 Å². The lowest BCUT2D eigenvalue weighted by atomic mass is 10.3. The van der Waals surface area contributed by atoms with Gasteiger partial charge in [0, 0.05) is 17.2 Å². The number of nitrogens with zero attached hydrogens (tertiary/aromatic N) is 2. The van der Waals surface area contributed by atoms with Crippen molar-refractivity contribution in [2.45, 2.75) is 23.5 Å². The van der Waals surface area contributed by atoms with Gasteiger partial charge in [-0.15, -0.1) is 33.6 Å². The summed E-state index contributed by atoms with van der Waals surface area (Å²) in [5.41, 5.74) is 0. The number of hydrogen-bond acceptors (Lipinski definition) is 4. The average Bonchev–Trinajstić information content (AvgIpc) is 2.83. The lowest BCUT2D eigenvalue weighted by Crippen LogP contribution is -1.85. The summed E-state index contributed by atoms with van der Waals surface area (Å²) in [6.07, 6.45) is 1.63. The molecule has 0 aliphatic carbocycles. The van der Waals surface area contributed by atoms with Crippen molar-refractivity contribution < 1.29 is 4.42 Å². The number of aromatic nitrogens is 2. The molecule has 0 radical (unpaired) electrons. The first-order valence-electron chi connectivity index (χ1n) is 5.43. The van der Waals surface area contributed by atoms with Crippen LogP contribution < -0.4 is 0 Å². The van der Waals surface area contributed by atoms with Gasteiger partial charge in [0.15, 0.2) is 0 Å². The maximum atomic E-state index is 5.61. The molecule has 1 aromatic carbocycles. The zero-order valence-corrected chi connectivity index (χ0v) is 10.9. The topological polar surface area (TPSA) is 38.9 Å². The van der Waals surface area contributed by atoms with Gasteiger partial charge in [-0.3, -0.25) is 0 Å². The molecule has 3 nitrogen and oxygen atoms in total. The van der Waals surface area contributed by atoms with Gasteiger partial charge in [-0.05, 0) is 18.6 Å². The van der Waals surface area contributed by atoms with Gasteiger partial charge in [0.1, 0.15) is 0 Å². The monoisotopic (exact) mass is 268 g/mol. The van der Waals surface area contributed by atoms with Crippen molar-refractivity contribution in [2.75, 3.05) is 5.88 Å². The number of rotatable bonds is 6. The first-order valence-corrected chi connectivity index (χ1v) is 6.95. The van der Waals surface area contributed by atoms with E-state index in [1.54, 1.807) is 11.8 Å². The molecule has 2 rings (SSSR count). The molecule has 5 heteroatoms. The SMILES string of the molecule is ClCCCc1nnc(CSc2ccccc2)o1. The normalized spacial score (nSPS) is 10.6. The summed E-state index contributed by atoms with van der Waals surface area (Å²) in [6.45, 7) is 0. The van der Waals surface area contributed by atoms with E-state index in [2.05, 4.69) is 22.3 Å². The third kappa shape index (κ3) is 4.06. The van der Waals surface area contributed by atoms with Crippen molar-refractivity contribution in [3.63, 3.8) is 0 Å². The van der Waals surface area contributed by atoms with Gasteiger partial charge in [0.25, 0.3) is 0 Å². The van der Waals surface area contributed by atoms with Gasteiger partial charge < -0.3 is 4.42 Å². The Bertz CT molecular complexity index is 447.